The highest BCUT2D eigenvalue weighted by Gasteiger charge is 2.25. The molecule has 0 atom stereocenters. The molecular weight excluding hydrogens is 194 g/mol. The molecule has 4 nitrogen and oxygen atoms in total. The van der Waals surface area contributed by atoms with Crippen LogP contribution >= 0.6 is 0 Å². The van der Waals surface area contributed by atoms with E-state index in [-0.39, 0.29) is 17.9 Å². The van der Waals surface area contributed by atoms with Crippen LogP contribution in [0.3, 0.4) is 0 Å². The van der Waals surface area contributed by atoms with Gasteiger partial charge in [-0.1, -0.05) is 30.3 Å². The molecule has 4 heteroatoms. The van der Waals surface area contributed by atoms with Crippen LogP contribution in [0, 0.1) is 0 Å². The van der Waals surface area contributed by atoms with Crippen molar-refractivity contribution < 1.29 is 14.8 Å². The van der Waals surface area contributed by atoms with E-state index in [2.05, 4.69) is 0 Å². The number of ketones is 1. The number of hydrogen-bond donors (Lipinski definition) is 1. The van der Waals surface area contributed by atoms with Crippen molar-refractivity contribution in [3.05, 3.63) is 42.0 Å². The van der Waals surface area contributed by atoms with Gasteiger partial charge >= 0.3 is 0 Å². The van der Waals surface area contributed by atoms with Crippen LogP contribution in [-0.4, -0.2) is 28.5 Å². The van der Waals surface area contributed by atoms with Gasteiger partial charge in [0.2, 0.25) is 0 Å². The minimum Gasteiger partial charge on any atom is -0.293 e. The van der Waals surface area contributed by atoms with Crippen molar-refractivity contribution in [2.45, 2.75) is 0 Å². The van der Waals surface area contributed by atoms with Crippen LogP contribution < -0.4 is 0 Å². The molecule has 1 aromatic carbocycles. The SMILES string of the molecule is O=C1C=C(c2ccccc2)C(=O)N(O)C1. The molecule has 1 aromatic rings. The number of carbonyl (C=O) groups is 2. The monoisotopic (exact) mass is 203 g/mol. The summed E-state index contributed by atoms with van der Waals surface area (Å²) < 4.78 is 0. The number of hydrogen-bond acceptors (Lipinski definition) is 3. The fourth-order valence-electron chi connectivity index (χ4n) is 1.45. The normalized spacial score (nSPS) is 16.6. The van der Waals surface area contributed by atoms with Crippen molar-refractivity contribution in [3.63, 3.8) is 0 Å². The average molecular weight is 203 g/mol. The maximum atomic E-state index is 11.5. The van der Waals surface area contributed by atoms with Gasteiger partial charge in [0.1, 0.15) is 6.54 Å². The molecule has 1 aliphatic rings. The summed E-state index contributed by atoms with van der Waals surface area (Å²) in [6, 6.07) is 8.79. The summed E-state index contributed by atoms with van der Waals surface area (Å²) in [5.74, 6) is -0.822. The van der Waals surface area contributed by atoms with Gasteiger partial charge in [0, 0.05) is 0 Å². The van der Waals surface area contributed by atoms with E-state index in [0.29, 0.717) is 10.6 Å². The second-order valence-electron chi connectivity index (χ2n) is 3.25. The predicted molar refractivity (Wildman–Crippen MR) is 52.9 cm³/mol. The second-order valence-corrected chi connectivity index (χ2v) is 3.25. The van der Waals surface area contributed by atoms with Crippen molar-refractivity contribution in [1.82, 2.24) is 5.06 Å². The Morgan fingerprint density at radius 3 is 2.47 bits per heavy atom. The first-order chi connectivity index (χ1) is 7.18. The molecule has 1 N–H and O–H groups in total. The molecule has 76 valence electrons. The summed E-state index contributed by atoms with van der Waals surface area (Å²) in [6.45, 7) is -0.269. The van der Waals surface area contributed by atoms with Crippen LogP contribution in [0.1, 0.15) is 5.56 Å². The van der Waals surface area contributed by atoms with E-state index in [9.17, 15) is 14.8 Å². The van der Waals surface area contributed by atoms with E-state index >= 15 is 0 Å². The van der Waals surface area contributed by atoms with Gasteiger partial charge in [0.15, 0.2) is 5.78 Å². The Balaban J connectivity index is 2.44. The molecule has 0 aliphatic carbocycles. The molecular formula is C11H9NO3. The van der Waals surface area contributed by atoms with Crippen molar-refractivity contribution >= 4 is 17.3 Å². The molecule has 0 fully saturated rings. The van der Waals surface area contributed by atoms with Gasteiger partial charge in [-0.05, 0) is 11.6 Å². The van der Waals surface area contributed by atoms with Crippen molar-refractivity contribution in [3.8, 4) is 0 Å². The Bertz CT molecular complexity index is 436. The standard InChI is InChI=1S/C11H9NO3/c13-9-6-10(11(14)12(15)7-9)8-4-2-1-3-5-8/h1-6,15H,7H2. The molecule has 1 aliphatic heterocycles. The first-order valence-corrected chi connectivity index (χ1v) is 4.49. The van der Waals surface area contributed by atoms with Gasteiger partial charge in [-0.3, -0.25) is 14.8 Å². The first kappa shape index (κ1) is 9.61. The third kappa shape index (κ3) is 1.80. The van der Waals surface area contributed by atoms with E-state index < -0.39 is 5.91 Å². The van der Waals surface area contributed by atoms with Crippen molar-refractivity contribution in [1.29, 1.82) is 0 Å². The van der Waals surface area contributed by atoms with Gasteiger partial charge in [-0.2, -0.15) is 0 Å². The lowest BCUT2D eigenvalue weighted by Crippen LogP contribution is -2.36. The van der Waals surface area contributed by atoms with Gasteiger partial charge in [-0.15, -0.1) is 0 Å². The van der Waals surface area contributed by atoms with E-state index in [4.69, 9.17) is 0 Å². The number of nitrogens with zero attached hydrogens (tertiary/aromatic N) is 1. The summed E-state index contributed by atoms with van der Waals surface area (Å²) in [7, 11) is 0. The number of carbonyl (C=O) groups excluding carboxylic acids is 2. The average Bonchev–Trinajstić information content (AvgIpc) is 2.24. The molecule has 1 heterocycles. The maximum absolute atomic E-state index is 11.5. The molecule has 1 amide bonds. The Morgan fingerprint density at radius 1 is 1.13 bits per heavy atom. The summed E-state index contributed by atoms with van der Waals surface area (Å²) in [5, 5.41) is 9.64. The largest absolute Gasteiger partial charge is 0.293 e. The molecule has 15 heavy (non-hydrogen) atoms. The maximum Gasteiger partial charge on any atom is 0.278 e. The van der Waals surface area contributed by atoms with Gasteiger partial charge in [0.25, 0.3) is 5.91 Å². The van der Waals surface area contributed by atoms with Crippen LogP contribution in [0.2, 0.25) is 0 Å². The summed E-state index contributed by atoms with van der Waals surface area (Å²) in [4.78, 5) is 22.7. The molecule has 2 rings (SSSR count). The molecule has 0 unspecified atom stereocenters. The van der Waals surface area contributed by atoms with E-state index in [1.807, 2.05) is 6.07 Å². The Hall–Kier alpha value is -1.94. The highest BCUT2D eigenvalue weighted by molar-refractivity contribution is 6.26. The van der Waals surface area contributed by atoms with E-state index in [1.54, 1.807) is 24.3 Å². The minimum absolute atomic E-state index is 0.231. The van der Waals surface area contributed by atoms with Gasteiger partial charge < -0.3 is 0 Å². The fourth-order valence-corrected chi connectivity index (χ4v) is 1.45. The predicted octanol–water partition coefficient (Wildman–Crippen LogP) is 0.871. The minimum atomic E-state index is -0.541. The van der Waals surface area contributed by atoms with Crippen LogP contribution in [0.5, 0.6) is 0 Å². The molecule has 0 radical (unpaired) electrons. The first-order valence-electron chi connectivity index (χ1n) is 4.49. The quantitative estimate of drug-likeness (QED) is 0.689. The van der Waals surface area contributed by atoms with Crippen LogP contribution in [0.25, 0.3) is 5.57 Å². The Kier molecular flexibility index (Phi) is 2.35. The van der Waals surface area contributed by atoms with Crippen molar-refractivity contribution in [2.24, 2.45) is 0 Å². The highest BCUT2D eigenvalue weighted by atomic mass is 16.5. The lowest BCUT2D eigenvalue weighted by Gasteiger charge is -2.19. The molecule has 0 bridgehead atoms. The summed E-state index contributed by atoms with van der Waals surface area (Å²) in [6.07, 6.45) is 1.27. The zero-order valence-corrected chi connectivity index (χ0v) is 7.88. The lowest BCUT2D eigenvalue weighted by molar-refractivity contribution is -0.162. The number of benzene rings is 1. The van der Waals surface area contributed by atoms with E-state index in [1.165, 1.54) is 6.08 Å². The van der Waals surface area contributed by atoms with Gasteiger partial charge in [-0.25, -0.2) is 5.06 Å². The second kappa shape index (κ2) is 3.67. The lowest BCUT2D eigenvalue weighted by atomic mass is 10.0. The summed E-state index contributed by atoms with van der Waals surface area (Å²) in [5.41, 5.74) is 0.865. The van der Waals surface area contributed by atoms with Crippen molar-refractivity contribution in [2.75, 3.05) is 6.54 Å². The number of rotatable bonds is 1. The fraction of sp³-hybridized carbons (Fsp3) is 0.0909. The Morgan fingerprint density at radius 2 is 1.80 bits per heavy atom. The zero-order chi connectivity index (χ0) is 10.8. The Labute approximate surface area is 86.4 Å². The van der Waals surface area contributed by atoms with E-state index in [0.717, 1.165) is 0 Å². The molecule has 0 saturated carbocycles. The number of amides is 1. The highest BCUT2D eigenvalue weighted by Crippen LogP contribution is 2.19. The summed E-state index contributed by atoms with van der Waals surface area (Å²) >= 11 is 0. The van der Waals surface area contributed by atoms with Crippen LogP contribution in [0.15, 0.2) is 36.4 Å². The molecule has 0 saturated heterocycles. The molecule has 0 spiro atoms. The topological polar surface area (TPSA) is 57.6 Å². The smallest absolute Gasteiger partial charge is 0.278 e. The van der Waals surface area contributed by atoms with Gasteiger partial charge in [0.05, 0.1) is 5.57 Å². The third-order valence-corrected chi connectivity index (χ3v) is 2.16. The van der Waals surface area contributed by atoms with Crippen LogP contribution in [0.4, 0.5) is 0 Å². The number of hydroxylamine groups is 2. The third-order valence-electron chi connectivity index (χ3n) is 2.16. The molecule has 0 aromatic heterocycles. The van der Waals surface area contributed by atoms with Crippen LogP contribution in [-0.2, 0) is 9.59 Å². The zero-order valence-electron chi connectivity index (χ0n) is 7.88.